The van der Waals surface area contributed by atoms with E-state index in [1.807, 2.05) is 0 Å². The molecule has 1 fully saturated rings. The van der Waals surface area contributed by atoms with E-state index in [2.05, 4.69) is 14.8 Å². The lowest BCUT2D eigenvalue weighted by molar-refractivity contribution is -0.164. The van der Waals surface area contributed by atoms with Crippen molar-refractivity contribution in [1.29, 1.82) is 0 Å². The highest BCUT2D eigenvalue weighted by molar-refractivity contribution is 5.78. The molecule has 158 valence electrons. The van der Waals surface area contributed by atoms with Crippen molar-refractivity contribution in [3.63, 3.8) is 0 Å². The Morgan fingerprint density at radius 3 is 2.46 bits per heavy atom. The zero-order valence-corrected chi connectivity index (χ0v) is 14.1. The van der Waals surface area contributed by atoms with Crippen LogP contribution in [0, 0.1) is 5.92 Å². The van der Waals surface area contributed by atoms with Gasteiger partial charge in [-0.1, -0.05) is 12.1 Å². The van der Waals surface area contributed by atoms with E-state index in [-0.39, 0.29) is 11.3 Å². The molecule has 0 bridgehead atoms. The monoisotopic (exact) mass is 419 g/mol. The second-order valence-corrected chi connectivity index (χ2v) is 6.24. The van der Waals surface area contributed by atoms with Gasteiger partial charge in [-0.15, -0.1) is 0 Å². The van der Waals surface area contributed by atoms with Gasteiger partial charge in [0.15, 0.2) is 0 Å². The van der Waals surface area contributed by atoms with E-state index in [4.69, 9.17) is 0 Å². The van der Waals surface area contributed by atoms with E-state index in [9.17, 15) is 40.6 Å². The highest BCUT2D eigenvalue weighted by Crippen LogP contribution is 2.55. The van der Waals surface area contributed by atoms with Crippen molar-refractivity contribution in [2.45, 2.75) is 43.9 Å². The summed E-state index contributed by atoms with van der Waals surface area (Å²) in [6.45, 7) is -7.14. The quantitative estimate of drug-likeness (QED) is 0.603. The number of benzene rings is 1. The van der Waals surface area contributed by atoms with Crippen molar-refractivity contribution in [1.82, 2.24) is 5.32 Å². The lowest BCUT2D eigenvalue weighted by Gasteiger charge is -2.21. The molecule has 1 aromatic rings. The number of hydrogen-bond acceptors (Lipinski definition) is 4. The van der Waals surface area contributed by atoms with Crippen LogP contribution in [-0.4, -0.2) is 42.6 Å². The first-order valence-corrected chi connectivity index (χ1v) is 7.93. The Hall–Kier alpha value is -2.08. The molecule has 1 aromatic carbocycles. The van der Waals surface area contributed by atoms with Gasteiger partial charge in [0.05, 0.1) is 30.6 Å². The van der Waals surface area contributed by atoms with Gasteiger partial charge in [-0.05, 0) is 24.1 Å². The fourth-order valence-corrected chi connectivity index (χ4v) is 2.73. The van der Waals surface area contributed by atoms with E-state index in [0.717, 1.165) is 12.1 Å². The Balaban J connectivity index is 2.08. The van der Waals surface area contributed by atoms with Gasteiger partial charge < -0.3 is 19.9 Å². The maximum absolute atomic E-state index is 12.6. The Kier molecular flexibility index (Phi) is 6.75. The van der Waals surface area contributed by atoms with Crippen LogP contribution in [0.1, 0.15) is 24.4 Å². The smallest absolute Gasteiger partial charge is 0.394 e. The number of nitrogens with one attached hydrogen (secondary N) is 1. The molecule has 0 heterocycles. The molecule has 0 aliphatic heterocycles. The fourth-order valence-electron chi connectivity index (χ4n) is 2.73. The minimum atomic E-state index is -4.67. The standard InChI is InChI=1S/C16H16F7NO4/c17-13(18)27-7-10(8-2-1-3-9(4-8)28-14(19)20)24-12(25)6-15(26)5-11(15)16(21,22)23/h1-4,10-11,13-14,26H,5-7H2,(H,24,25)/t10-,11?,15-/m0/s1. The maximum atomic E-state index is 12.6. The molecule has 2 rings (SSSR count). The van der Waals surface area contributed by atoms with Crippen LogP contribution >= 0.6 is 0 Å². The molecule has 0 aromatic heterocycles. The third kappa shape index (κ3) is 6.23. The van der Waals surface area contributed by atoms with Crippen molar-refractivity contribution < 1.29 is 50.1 Å². The number of alkyl halides is 7. The Labute approximate surface area is 154 Å². The first-order chi connectivity index (χ1) is 12.9. The molecule has 1 saturated carbocycles. The minimum Gasteiger partial charge on any atom is -0.435 e. The number of aliphatic hydroxyl groups is 1. The lowest BCUT2D eigenvalue weighted by atomic mass is 10.1. The van der Waals surface area contributed by atoms with Gasteiger partial charge in [-0.3, -0.25) is 4.79 Å². The summed E-state index contributed by atoms with van der Waals surface area (Å²) in [4.78, 5) is 12.0. The summed E-state index contributed by atoms with van der Waals surface area (Å²) in [5.74, 6) is -3.41. The first-order valence-electron chi connectivity index (χ1n) is 7.93. The van der Waals surface area contributed by atoms with Gasteiger partial charge in [-0.2, -0.15) is 30.7 Å². The van der Waals surface area contributed by atoms with Gasteiger partial charge in [0.1, 0.15) is 5.75 Å². The molecule has 2 N–H and O–H groups in total. The second kappa shape index (κ2) is 8.52. The van der Waals surface area contributed by atoms with E-state index >= 15 is 0 Å². The highest BCUT2D eigenvalue weighted by Gasteiger charge is 2.66. The van der Waals surface area contributed by atoms with Gasteiger partial charge in [-0.25, -0.2) is 0 Å². The summed E-state index contributed by atoms with van der Waals surface area (Å²) in [6, 6.07) is 3.44. The SMILES string of the molecule is O=C(C[C@@]1(O)CC1C(F)(F)F)N[C@@H](COC(F)F)c1cccc(OC(F)F)c1. The molecule has 1 unspecified atom stereocenters. The highest BCUT2D eigenvalue weighted by atomic mass is 19.4. The van der Waals surface area contributed by atoms with Crippen LogP contribution in [0.25, 0.3) is 0 Å². The van der Waals surface area contributed by atoms with Crippen molar-refractivity contribution in [3.8, 4) is 5.75 Å². The number of rotatable bonds is 9. The van der Waals surface area contributed by atoms with E-state index in [1.54, 1.807) is 0 Å². The molecule has 0 saturated heterocycles. The number of halogens is 7. The molecule has 28 heavy (non-hydrogen) atoms. The number of ether oxygens (including phenoxy) is 2. The van der Waals surface area contributed by atoms with Crippen LogP contribution in [0.5, 0.6) is 5.75 Å². The molecule has 1 aliphatic rings. The summed E-state index contributed by atoms with van der Waals surface area (Å²) >= 11 is 0. The predicted molar refractivity (Wildman–Crippen MR) is 79.6 cm³/mol. The average Bonchev–Trinajstić information content (AvgIpc) is 3.22. The minimum absolute atomic E-state index is 0.0438. The molecular weight excluding hydrogens is 403 g/mol. The van der Waals surface area contributed by atoms with E-state index < -0.39 is 62.3 Å². The fraction of sp³-hybridized carbons (Fsp3) is 0.562. The van der Waals surface area contributed by atoms with Gasteiger partial charge in [0, 0.05) is 0 Å². The third-order valence-corrected chi connectivity index (χ3v) is 4.12. The Morgan fingerprint density at radius 2 is 1.93 bits per heavy atom. The third-order valence-electron chi connectivity index (χ3n) is 4.12. The summed E-state index contributed by atoms with van der Waals surface area (Å²) in [6.07, 6.45) is -6.23. The predicted octanol–water partition coefficient (Wildman–Crippen LogP) is 3.39. The van der Waals surface area contributed by atoms with Crippen LogP contribution in [0.15, 0.2) is 24.3 Å². The number of amides is 1. The summed E-state index contributed by atoms with van der Waals surface area (Å²) in [5.41, 5.74) is -2.22. The maximum Gasteiger partial charge on any atom is 0.394 e. The molecule has 1 amide bonds. The summed E-state index contributed by atoms with van der Waals surface area (Å²) in [5, 5.41) is 12.0. The van der Waals surface area contributed by atoms with E-state index in [1.165, 1.54) is 12.1 Å². The molecule has 3 atom stereocenters. The summed E-state index contributed by atoms with van der Waals surface area (Å²) < 4.78 is 95.4. The van der Waals surface area contributed by atoms with Crippen molar-refractivity contribution in [2.24, 2.45) is 5.92 Å². The average molecular weight is 419 g/mol. The summed E-state index contributed by atoms with van der Waals surface area (Å²) in [7, 11) is 0. The molecular formula is C16H16F7NO4. The van der Waals surface area contributed by atoms with Crippen molar-refractivity contribution in [3.05, 3.63) is 29.8 Å². The Bertz CT molecular complexity index is 685. The topological polar surface area (TPSA) is 67.8 Å². The first kappa shape index (κ1) is 22.2. The number of carbonyl (C=O) groups is 1. The molecule has 12 heteroatoms. The molecule has 1 aliphatic carbocycles. The molecule has 0 spiro atoms. The zero-order valence-electron chi connectivity index (χ0n) is 14.1. The number of hydrogen-bond donors (Lipinski definition) is 2. The normalized spacial score (nSPS) is 23.0. The van der Waals surface area contributed by atoms with Crippen molar-refractivity contribution >= 4 is 5.91 Å². The van der Waals surface area contributed by atoms with Crippen LogP contribution in [-0.2, 0) is 9.53 Å². The van der Waals surface area contributed by atoms with Gasteiger partial charge in [0.25, 0.3) is 0 Å². The molecule has 0 radical (unpaired) electrons. The molecule has 5 nitrogen and oxygen atoms in total. The van der Waals surface area contributed by atoms with Gasteiger partial charge >= 0.3 is 19.4 Å². The van der Waals surface area contributed by atoms with Crippen LogP contribution < -0.4 is 10.1 Å². The van der Waals surface area contributed by atoms with E-state index in [0.29, 0.717) is 0 Å². The van der Waals surface area contributed by atoms with Crippen LogP contribution in [0.4, 0.5) is 30.7 Å². The zero-order chi connectivity index (χ0) is 21.1. The second-order valence-electron chi connectivity index (χ2n) is 6.24. The van der Waals surface area contributed by atoms with Crippen LogP contribution in [0.2, 0.25) is 0 Å². The lowest BCUT2D eigenvalue weighted by Crippen LogP contribution is -2.36. The van der Waals surface area contributed by atoms with Gasteiger partial charge in [0.2, 0.25) is 5.91 Å². The Morgan fingerprint density at radius 1 is 1.25 bits per heavy atom. The van der Waals surface area contributed by atoms with Crippen molar-refractivity contribution in [2.75, 3.05) is 6.61 Å². The number of carbonyl (C=O) groups excluding carboxylic acids is 1. The van der Waals surface area contributed by atoms with Crippen LogP contribution in [0.3, 0.4) is 0 Å². The largest absolute Gasteiger partial charge is 0.435 e.